The number of likely N-dealkylation sites (N-methyl/N-ethyl adjacent to an activating group) is 1. The van der Waals surface area contributed by atoms with Crippen molar-refractivity contribution < 1.29 is 17.9 Å². The van der Waals surface area contributed by atoms with Crippen molar-refractivity contribution in [2.45, 2.75) is 32.7 Å². The summed E-state index contributed by atoms with van der Waals surface area (Å²) in [5, 5.41) is 2.85. The largest absolute Gasteiger partial charge is 0.573 e. The van der Waals surface area contributed by atoms with E-state index in [1.807, 2.05) is 14.1 Å². The number of hydrogen-bond donors (Lipinski definition) is 2. The van der Waals surface area contributed by atoms with Crippen LogP contribution < -0.4 is 15.8 Å². The number of aliphatic imine (C=N–C) groups is 1. The maximum atomic E-state index is 12.1. The second-order valence-electron chi connectivity index (χ2n) is 6.17. The van der Waals surface area contributed by atoms with Crippen molar-refractivity contribution in [3.8, 4) is 5.75 Å². The Morgan fingerprint density at radius 1 is 1.24 bits per heavy atom. The molecule has 1 rings (SSSR count). The van der Waals surface area contributed by atoms with Gasteiger partial charge in [0, 0.05) is 11.7 Å². The van der Waals surface area contributed by atoms with Crippen molar-refractivity contribution in [2.75, 3.05) is 26.0 Å². The number of nitrogens with one attached hydrogen (secondary N) is 1. The molecule has 1 unspecified atom stereocenters. The van der Waals surface area contributed by atoms with Gasteiger partial charge in [-0.25, -0.2) is 0 Å². The fourth-order valence-corrected chi connectivity index (χ4v) is 2.12. The molecule has 0 aliphatic rings. The minimum atomic E-state index is -4.70. The number of hydrogen-bond acceptors (Lipinski definition) is 3. The van der Waals surface area contributed by atoms with Gasteiger partial charge in [-0.3, -0.25) is 4.99 Å². The molecule has 9 heteroatoms. The van der Waals surface area contributed by atoms with Crippen LogP contribution in [0, 0.1) is 5.92 Å². The molecule has 1 aromatic carbocycles. The van der Waals surface area contributed by atoms with Gasteiger partial charge < -0.3 is 20.7 Å². The van der Waals surface area contributed by atoms with E-state index in [2.05, 4.69) is 33.8 Å². The maximum absolute atomic E-state index is 12.1. The average molecular weight is 474 g/mol. The van der Waals surface area contributed by atoms with Crippen LogP contribution in [0.15, 0.2) is 29.3 Å². The molecule has 5 nitrogen and oxygen atoms in total. The number of anilines is 1. The van der Waals surface area contributed by atoms with Gasteiger partial charge in [0.1, 0.15) is 5.75 Å². The standard InChI is InChI=1S/C16H25F3N4O.HI/c1-11(2)9-13(23(3)4)10-21-15(20)22-12-5-7-14(8-6-12)24-16(17,18)19;/h5-8,11,13H,9-10H2,1-4H3,(H3,20,21,22);1H. The molecule has 1 atom stereocenters. The molecule has 1 aromatic rings. The molecule has 25 heavy (non-hydrogen) atoms. The normalized spacial score (nSPS) is 13.6. The quantitative estimate of drug-likeness (QED) is 0.358. The molecule has 144 valence electrons. The average Bonchev–Trinajstić information content (AvgIpc) is 2.43. The third-order valence-electron chi connectivity index (χ3n) is 3.31. The van der Waals surface area contributed by atoms with Crippen molar-refractivity contribution in [1.82, 2.24) is 4.90 Å². The lowest BCUT2D eigenvalue weighted by Gasteiger charge is -2.24. The minimum Gasteiger partial charge on any atom is -0.406 e. The van der Waals surface area contributed by atoms with Crippen LogP contribution in [-0.2, 0) is 0 Å². The summed E-state index contributed by atoms with van der Waals surface area (Å²) in [7, 11) is 3.98. The molecular formula is C16H26F3IN4O. The highest BCUT2D eigenvalue weighted by Crippen LogP contribution is 2.23. The Balaban J connectivity index is 0.00000576. The van der Waals surface area contributed by atoms with Gasteiger partial charge in [-0.2, -0.15) is 0 Å². The van der Waals surface area contributed by atoms with E-state index in [0.717, 1.165) is 6.42 Å². The van der Waals surface area contributed by atoms with Crippen LogP contribution in [0.2, 0.25) is 0 Å². The second-order valence-corrected chi connectivity index (χ2v) is 6.17. The zero-order valence-corrected chi connectivity index (χ0v) is 17.1. The van der Waals surface area contributed by atoms with Gasteiger partial charge >= 0.3 is 6.36 Å². The SMILES string of the molecule is CC(C)CC(CN=C(N)Nc1ccc(OC(F)(F)F)cc1)N(C)C.I. The molecule has 0 spiro atoms. The van der Waals surface area contributed by atoms with Crippen LogP contribution in [0.5, 0.6) is 5.75 Å². The van der Waals surface area contributed by atoms with Crippen LogP contribution in [0.4, 0.5) is 18.9 Å². The second kappa shape index (κ2) is 10.7. The third-order valence-corrected chi connectivity index (χ3v) is 3.31. The first kappa shape index (κ1) is 23.8. The molecule has 0 saturated carbocycles. The number of ether oxygens (including phenoxy) is 1. The Hall–Kier alpha value is -1.23. The van der Waals surface area contributed by atoms with E-state index in [9.17, 15) is 13.2 Å². The van der Waals surface area contributed by atoms with Crippen molar-refractivity contribution in [3.05, 3.63) is 24.3 Å². The van der Waals surface area contributed by atoms with Gasteiger partial charge in [-0.1, -0.05) is 13.8 Å². The molecule has 0 heterocycles. The first-order chi connectivity index (χ1) is 11.1. The van der Waals surface area contributed by atoms with Crippen LogP contribution in [0.3, 0.4) is 0 Å². The van der Waals surface area contributed by atoms with E-state index in [0.29, 0.717) is 18.2 Å². The minimum absolute atomic E-state index is 0. The number of nitrogens with zero attached hydrogens (tertiary/aromatic N) is 2. The van der Waals surface area contributed by atoms with E-state index in [1.165, 1.54) is 24.3 Å². The topological polar surface area (TPSA) is 62.9 Å². The van der Waals surface area contributed by atoms with Crippen molar-refractivity contribution in [3.63, 3.8) is 0 Å². The summed E-state index contributed by atoms with van der Waals surface area (Å²) < 4.78 is 40.1. The Kier molecular flexibility index (Phi) is 10.2. The predicted molar refractivity (Wildman–Crippen MR) is 106 cm³/mol. The summed E-state index contributed by atoms with van der Waals surface area (Å²) in [5.74, 6) is 0.478. The first-order valence-corrected chi connectivity index (χ1v) is 7.66. The van der Waals surface area contributed by atoms with Gasteiger partial charge in [0.15, 0.2) is 5.96 Å². The number of rotatable bonds is 7. The highest BCUT2D eigenvalue weighted by molar-refractivity contribution is 14.0. The lowest BCUT2D eigenvalue weighted by Crippen LogP contribution is -2.34. The van der Waals surface area contributed by atoms with Crippen LogP contribution >= 0.6 is 24.0 Å². The fourth-order valence-electron chi connectivity index (χ4n) is 2.12. The zero-order valence-electron chi connectivity index (χ0n) is 14.8. The van der Waals surface area contributed by atoms with Gasteiger partial charge in [0.05, 0.1) is 6.54 Å². The summed E-state index contributed by atoms with van der Waals surface area (Å²) in [5.41, 5.74) is 6.37. The molecular weight excluding hydrogens is 448 g/mol. The van der Waals surface area contributed by atoms with Gasteiger partial charge in [-0.05, 0) is 50.7 Å². The highest BCUT2D eigenvalue weighted by atomic mass is 127. The number of benzene rings is 1. The molecule has 3 N–H and O–H groups in total. The summed E-state index contributed by atoms with van der Waals surface area (Å²) in [6.45, 7) is 4.83. The Morgan fingerprint density at radius 2 is 1.80 bits per heavy atom. The number of halogens is 4. The molecule has 0 saturated heterocycles. The molecule has 0 aliphatic heterocycles. The molecule has 0 aromatic heterocycles. The summed E-state index contributed by atoms with van der Waals surface area (Å²) in [6, 6.07) is 5.59. The van der Waals surface area contributed by atoms with Crippen LogP contribution in [-0.4, -0.2) is 43.9 Å². The smallest absolute Gasteiger partial charge is 0.406 e. The summed E-state index contributed by atoms with van der Waals surface area (Å²) >= 11 is 0. The van der Waals surface area contributed by atoms with E-state index in [1.54, 1.807) is 0 Å². The van der Waals surface area contributed by atoms with E-state index in [4.69, 9.17) is 5.73 Å². The maximum Gasteiger partial charge on any atom is 0.573 e. The Labute approximate surface area is 163 Å². The van der Waals surface area contributed by atoms with Crippen molar-refractivity contribution in [1.29, 1.82) is 0 Å². The van der Waals surface area contributed by atoms with Gasteiger partial charge in [0.2, 0.25) is 0 Å². The number of alkyl halides is 3. The fraction of sp³-hybridized carbons (Fsp3) is 0.562. The Morgan fingerprint density at radius 3 is 2.24 bits per heavy atom. The van der Waals surface area contributed by atoms with Crippen LogP contribution in [0.25, 0.3) is 0 Å². The lowest BCUT2D eigenvalue weighted by atomic mass is 10.0. The zero-order chi connectivity index (χ0) is 18.3. The first-order valence-electron chi connectivity index (χ1n) is 7.66. The molecule has 0 fully saturated rings. The predicted octanol–water partition coefficient (Wildman–Crippen LogP) is 3.91. The molecule has 0 radical (unpaired) electrons. The summed E-state index contributed by atoms with van der Waals surface area (Å²) in [6.07, 6.45) is -3.71. The monoisotopic (exact) mass is 474 g/mol. The van der Waals surface area contributed by atoms with E-state index >= 15 is 0 Å². The molecule has 0 amide bonds. The summed E-state index contributed by atoms with van der Waals surface area (Å²) in [4.78, 5) is 6.40. The third kappa shape index (κ3) is 10.4. The van der Waals surface area contributed by atoms with Gasteiger partial charge in [0.25, 0.3) is 0 Å². The van der Waals surface area contributed by atoms with Crippen molar-refractivity contribution >= 4 is 35.6 Å². The van der Waals surface area contributed by atoms with E-state index in [-0.39, 0.29) is 41.7 Å². The highest BCUT2D eigenvalue weighted by Gasteiger charge is 2.30. The lowest BCUT2D eigenvalue weighted by molar-refractivity contribution is -0.274. The van der Waals surface area contributed by atoms with Crippen LogP contribution in [0.1, 0.15) is 20.3 Å². The van der Waals surface area contributed by atoms with Crippen molar-refractivity contribution in [2.24, 2.45) is 16.6 Å². The molecule has 0 aliphatic carbocycles. The number of guanidine groups is 1. The Bertz CT molecular complexity index is 533. The van der Waals surface area contributed by atoms with Gasteiger partial charge in [-0.15, -0.1) is 37.1 Å². The number of nitrogens with two attached hydrogens (primary N) is 1. The molecule has 0 bridgehead atoms. The van der Waals surface area contributed by atoms with E-state index < -0.39 is 6.36 Å².